The lowest BCUT2D eigenvalue weighted by atomic mass is 10.2. The van der Waals surface area contributed by atoms with Crippen LogP contribution in [0.25, 0.3) is 10.9 Å². The van der Waals surface area contributed by atoms with Gasteiger partial charge in [0.1, 0.15) is 5.15 Å². The molecule has 0 fully saturated rings. The Balaban J connectivity index is 2.81. The molecular weight excluding hydrogens is 204 g/mol. The molecule has 0 aliphatic heterocycles. The summed E-state index contributed by atoms with van der Waals surface area (Å²) >= 11 is 5.67. The van der Waals surface area contributed by atoms with E-state index in [4.69, 9.17) is 16.7 Å². The van der Waals surface area contributed by atoms with Crippen LogP contribution in [0.5, 0.6) is 0 Å². The average molecular weight is 209 g/mol. The number of hydrogen-bond donors (Lipinski definition) is 1. The van der Waals surface area contributed by atoms with Crippen molar-refractivity contribution in [3.05, 3.63) is 35.2 Å². The van der Waals surface area contributed by atoms with Crippen molar-refractivity contribution in [3.63, 3.8) is 0 Å². The van der Waals surface area contributed by atoms with Crippen LogP contribution in [-0.2, 0) is 0 Å². The predicted molar refractivity (Wildman–Crippen MR) is 51.5 cm³/mol. The molecule has 2 heterocycles. The fraction of sp³-hybridized carbons (Fsp3) is 0. The number of aromatic carboxylic acids is 1. The van der Waals surface area contributed by atoms with Gasteiger partial charge in [-0.05, 0) is 18.2 Å². The van der Waals surface area contributed by atoms with Gasteiger partial charge in [0.2, 0.25) is 0 Å². The van der Waals surface area contributed by atoms with Gasteiger partial charge in [-0.2, -0.15) is 0 Å². The van der Waals surface area contributed by atoms with Gasteiger partial charge in [0, 0.05) is 11.6 Å². The maximum absolute atomic E-state index is 10.8. The Kier molecular flexibility index (Phi) is 2.05. The first-order chi connectivity index (χ1) is 6.68. The Hall–Kier alpha value is -1.68. The van der Waals surface area contributed by atoms with E-state index in [0.717, 1.165) is 0 Å². The summed E-state index contributed by atoms with van der Waals surface area (Å²) in [5, 5.41) is 9.65. The van der Waals surface area contributed by atoms with Crippen molar-refractivity contribution in [2.24, 2.45) is 0 Å². The number of carboxylic acids is 1. The SMILES string of the molecule is O=C(O)c1nccc2nc(Cl)ccc12. The first kappa shape index (κ1) is 8.90. The third-order valence-electron chi connectivity index (χ3n) is 1.78. The quantitative estimate of drug-likeness (QED) is 0.728. The molecule has 0 aliphatic carbocycles. The van der Waals surface area contributed by atoms with Gasteiger partial charge in [0.15, 0.2) is 5.69 Å². The lowest BCUT2D eigenvalue weighted by Crippen LogP contribution is -2.01. The van der Waals surface area contributed by atoms with Crippen molar-refractivity contribution in [2.75, 3.05) is 0 Å². The van der Waals surface area contributed by atoms with Gasteiger partial charge >= 0.3 is 5.97 Å². The Morgan fingerprint density at radius 2 is 2.14 bits per heavy atom. The van der Waals surface area contributed by atoms with Crippen molar-refractivity contribution in [1.29, 1.82) is 0 Å². The van der Waals surface area contributed by atoms with Crippen molar-refractivity contribution in [2.45, 2.75) is 0 Å². The largest absolute Gasteiger partial charge is 0.476 e. The zero-order valence-electron chi connectivity index (χ0n) is 6.94. The number of carbonyl (C=O) groups is 1. The molecule has 2 aromatic heterocycles. The maximum atomic E-state index is 10.8. The smallest absolute Gasteiger partial charge is 0.355 e. The van der Waals surface area contributed by atoms with Crippen molar-refractivity contribution in [3.8, 4) is 0 Å². The van der Waals surface area contributed by atoms with E-state index in [-0.39, 0.29) is 5.69 Å². The number of pyridine rings is 2. The summed E-state index contributed by atoms with van der Waals surface area (Å²) in [6.45, 7) is 0. The predicted octanol–water partition coefficient (Wildman–Crippen LogP) is 1.98. The molecule has 0 saturated heterocycles. The van der Waals surface area contributed by atoms with Crippen molar-refractivity contribution < 1.29 is 9.90 Å². The van der Waals surface area contributed by atoms with Crippen molar-refractivity contribution in [1.82, 2.24) is 9.97 Å². The summed E-state index contributed by atoms with van der Waals surface area (Å²) in [5.41, 5.74) is 0.525. The highest BCUT2D eigenvalue weighted by atomic mass is 35.5. The molecule has 70 valence electrons. The van der Waals surface area contributed by atoms with E-state index in [0.29, 0.717) is 16.1 Å². The van der Waals surface area contributed by atoms with E-state index < -0.39 is 5.97 Å². The molecule has 0 aromatic carbocycles. The third-order valence-corrected chi connectivity index (χ3v) is 1.99. The summed E-state index contributed by atoms with van der Waals surface area (Å²) in [6, 6.07) is 4.76. The molecule has 0 amide bonds. The summed E-state index contributed by atoms with van der Waals surface area (Å²) < 4.78 is 0. The van der Waals surface area contributed by atoms with Gasteiger partial charge in [0.25, 0.3) is 0 Å². The highest BCUT2D eigenvalue weighted by Crippen LogP contribution is 2.17. The van der Waals surface area contributed by atoms with Crippen LogP contribution >= 0.6 is 11.6 Å². The van der Waals surface area contributed by atoms with E-state index in [1.165, 1.54) is 12.3 Å². The number of nitrogens with zero attached hydrogens (tertiary/aromatic N) is 2. The van der Waals surface area contributed by atoms with E-state index in [1.54, 1.807) is 12.1 Å². The van der Waals surface area contributed by atoms with Gasteiger partial charge in [-0.3, -0.25) is 0 Å². The molecule has 0 spiro atoms. The number of carboxylic acid groups (broad SMARTS) is 1. The Bertz CT molecular complexity index is 513. The normalized spacial score (nSPS) is 10.4. The summed E-state index contributed by atoms with van der Waals surface area (Å²) in [5.74, 6) is -1.07. The molecule has 0 atom stereocenters. The molecule has 1 N–H and O–H groups in total. The molecule has 0 aliphatic rings. The summed E-state index contributed by atoms with van der Waals surface area (Å²) in [4.78, 5) is 18.5. The number of hydrogen-bond acceptors (Lipinski definition) is 3. The van der Waals surface area contributed by atoms with Crippen LogP contribution in [0.4, 0.5) is 0 Å². The van der Waals surface area contributed by atoms with Crippen LogP contribution < -0.4 is 0 Å². The Morgan fingerprint density at radius 1 is 1.36 bits per heavy atom. The van der Waals surface area contributed by atoms with Crippen LogP contribution in [0.3, 0.4) is 0 Å². The maximum Gasteiger partial charge on any atom is 0.355 e. The second kappa shape index (κ2) is 3.23. The molecule has 4 nitrogen and oxygen atoms in total. The topological polar surface area (TPSA) is 63.1 Å². The molecular formula is C9H5ClN2O2. The van der Waals surface area contributed by atoms with Crippen LogP contribution in [0, 0.1) is 0 Å². The first-order valence-corrected chi connectivity index (χ1v) is 4.21. The first-order valence-electron chi connectivity index (χ1n) is 3.83. The molecule has 0 radical (unpaired) electrons. The van der Waals surface area contributed by atoms with Crippen molar-refractivity contribution >= 4 is 28.5 Å². The minimum atomic E-state index is -1.07. The van der Waals surface area contributed by atoms with Gasteiger partial charge in [-0.1, -0.05) is 11.6 Å². The van der Waals surface area contributed by atoms with Crippen LogP contribution in [0.15, 0.2) is 24.4 Å². The van der Waals surface area contributed by atoms with Gasteiger partial charge in [-0.25, -0.2) is 14.8 Å². The highest BCUT2D eigenvalue weighted by molar-refractivity contribution is 6.29. The summed E-state index contributed by atoms with van der Waals surface area (Å²) in [6.07, 6.45) is 1.40. The fourth-order valence-corrected chi connectivity index (χ4v) is 1.35. The number of rotatable bonds is 1. The Morgan fingerprint density at radius 3 is 2.86 bits per heavy atom. The monoisotopic (exact) mass is 208 g/mol. The van der Waals surface area contributed by atoms with Gasteiger partial charge in [0.05, 0.1) is 5.52 Å². The van der Waals surface area contributed by atoms with Crippen LogP contribution in [0.1, 0.15) is 10.5 Å². The van der Waals surface area contributed by atoms with Gasteiger partial charge < -0.3 is 5.11 Å². The van der Waals surface area contributed by atoms with Crippen LogP contribution in [-0.4, -0.2) is 21.0 Å². The average Bonchev–Trinajstić information content (AvgIpc) is 2.16. The number of halogens is 1. The van der Waals surface area contributed by atoms with E-state index in [2.05, 4.69) is 9.97 Å². The molecule has 14 heavy (non-hydrogen) atoms. The highest BCUT2D eigenvalue weighted by Gasteiger charge is 2.09. The zero-order chi connectivity index (χ0) is 10.1. The van der Waals surface area contributed by atoms with E-state index in [1.807, 2.05) is 0 Å². The molecule has 0 saturated carbocycles. The van der Waals surface area contributed by atoms with Crippen LogP contribution in [0.2, 0.25) is 5.15 Å². The van der Waals surface area contributed by atoms with Gasteiger partial charge in [-0.15, -0.1) is 0 Å². The molecule has 2 aromatic rings. The minimum Gasteiger partial charge on any atom is -0.476 e. The minimum absolute atomic E-state index is 0.00772. The number of aromatic nitrogens is 2. The second-order valence-electron chi connectivity index (χ2n) is 2.67. The van der Waals surface area contributed by atoms with E-state index in [9.17, 15) is 4.79 Å². The second-order valence-corrected chi connectivity index (χ2v) is 3.05. The lowest BCUT2D eigenvalue weighted by molar-refractivity contribution is 0.0693. The Labute approximate surface area is 84.2 Å². The number of fused-ring (bicyclic) bond motifs is 1. The lowest BCUT2D eigenvalue weighted by Gasteiger charge is -2.00. The third kappa shape index (κ3) is 1.40. The summed E-state index contributed by atoms with van der Waals surface area (Å²) in [7, 11) is 0. The molecule has 2 rings (SSSR count). The fourth-order valence-electron chi connectivity index (χ4n) is 1.20. The zero-order valence-corrected chi connectivity index (χ0v) is 7.69. The molecule has 5 heteroatoms. The van der Waals surface area contributed by atoms with E-state index >= 15 is 0 Å². The molecule has 0 bridgehead atoms. The molecule has 0 unspecified atom stereocenters. The standard InChI is InChI=1S/C9H5ClN2O2/c10-7-2-1-5-6(12-7)3-4-11-8(5)9(13)14/h1-4H,(H,13,14).